The van der Waals surface area contributed by atoms with Gasteiger partial charge >= 0.3 is 5.69 Å². The van der Waals surface area contributed by atoms with Crippen molar-refractivity contribution in [2.24, 2.45) is 13.0 Å². The van der Waals surface area contributed by atoms with Crippen molar-refractivity contribution < 1.29 is 0 Å². The van der Waals surface area contributed by atoms with E-state index in [4.69, 9.17) is 10.7 Å². The highest BCUT2D eigenvalue weighted by molar-refractivity contribution is 5.88. The predicted molar refractivity (Wildman–Crippen MR) is 130 cm³/mol. The average molecular weight is 452 g/mol. The van der Waals surface area contributed by atoms with E-state index in [0.717, 1.165) is 44.2 Å². The van der Waals surface area contributed by atoms with E-state index in [2.05, 4.69) is 19.9 Å². The van der Waals surface area contributed by atoms with Crippen LogP contribution in [0.4, 0.5) is 5.95 Å². The van der Waals surface area contributed by atoms with Gasteiger partial charge in [-0.05, 0) is 38.2 Å². The van der Waals surface area contributed by atoms with Gasteiger partial charge in [0, 0.05) is 52.9 Å². The molecule has 2 aliphatic rings. The molecule has 5 rings (SSSR count). The third-order valence-corrected chi connectivity index (χ3v) is 6.79. The predicted octanol–water partition coefficient (Wildman–Crippen LogP) is 1.37. The van der Waals surface area contributed by atoms with Gasteiger partial charge in [0.2, 0.25) is 5.95 Å². The number of nitrogens with two attached hydrogens (primary N) is 1. The lowest BCUT2D eigenvalue weighted by atomic mass is 10.2. The van der Waals surface area contributed by atoms with E-state index in [1.165, 1.54) is 23.9 Å². The second-order valence-electron chi connectivity index (χ2n) is 9.27. The van der Waals surface area contributed by atoms with Crippen LogP contribution in [-0.2, 0) is 13.6 Å². The Hall–Kier alpha value is -2.98. The Labute approximate surface area is 193 Å². The quantitative estimate of drug-likeness (QED) is 0.541. The average Bonchev–Trinajstić information content (AvgIpc) is 3.45. The zero-order valence-corrected chi connectivity index (χ0v) is 19.7. The number of rotatable bonds is 7. The lowest BCUT2D eigenvalue weighted by Crippen LogP contribution is -2.48. The molecule has 4 heterocycles. The summed E-state index contributed by atoms with van der Waals surface area (Å²) in [5, 5.41) is 4.52. The molecule has 1 saturated carbocycles. The molecule has 3 aromatic rings. The minimum Gasteiger partial charge on any atom is -0.368 e. The molecule has 0 unspecified atom stereocenters. The van der Waals surface area contributed by atoms with Crippen LogP contribution in [0.25, 0.3) is 22.4 Å². The van der Waals surface area contributed by atoms with E-state index in [1.54, 1.807) is 16.2 Å². The second-order valence-corrected chi connectivity index (χ2v) is 9.27. The van der Waals surface area contributed by atoms with Gasteiger partial charge in [-0.2, -0.15) is 9.50 Å². The Morgan fingerprint density at radius 2 is 1.82 bits per heavy atom. The summed E-state index contributed by atoms with van der Waals surface area (Å²) >= 11 is 0. The second kappa shape index (κ2) is 8.75. The molecule has 2 fully saturated rings. The highest BCUT2D eigenvalue weighted by Crippen LogP contribution is 2.30. The third-order valence-electron chi connectivity index (χ3n) is 6.79. The molecule has 1 aliphatic carbocycles. The van der Waals surface area contributed by atoms with Crippen LogP contribution in [0.1, 0.15) is 32.5 Å². The SMILES string of the molecule is C/C=C\C=C(/C)c1nc2c3c(nc(N)n2n1)n(CCN1CCN(CC2CC2)CC1)c(=O)n3C. The van der Waals surface area contributed by atoms with E-state index < -0.39 is 0 Å². The summed E-state index contributed by atoms with van der Waals surface area (Å²) in [6.07, 6.45) is 8.63. The Morgan fingerprint density at radius 3 is 2.52 bits per heavy atom. The number of imidazole rings is 1. The number of nitrogens with zero attached hydrogens (tertiary/aromatic N) is 8. The van der Waals surface area contributed by atoms with E-state index in [0.29, 0.717) is 29.2 Å². The van der Waals surface area contributed by atoms with Crippen LogP contribution in [0.3, 0.4) is 0 Å². The van der Waals surface area contributed by atoms with Gasteiger partial charge in [-0.3, -0.25) is 14.0 Å². The minimum atomic E-state index is -0.108. The van der Waals surface area contributed by atoms with Gasteiger partial charge in [0.25, 0.3) is 0 Å². The van der Waals surface area contributed by atoms with Crippen molar-refractivity contribution in [1.82, 2.24) is 38.5 Å². The molecule has 2 N–H and O–H groups in total. The largest absolute Gasteiger partial charge is 0.368 e. The lowest BCUT2D eigenvalue weighted by Gasteiger charge is -2.34. The van der Waals surface area contributed by atoms with Crippen LogP contribution in [0, 0.1) is 5.92 Å². The molecule has 1 saturated heterocycles. The van der Waals surface area contributed by atoms with Crippen LogP contribution in [0.15, 0.2) is 23.0 Å². The summed E-state index contributed by atoms with van der Waals surface area (Å²) in [5.41, 5.74) is 8.81. The Kier molecular flexibility index (Phi) is 5.79. The molecule has 0 spiro atoms. The lowest BCUT2D eigenvalue weighted by molar-refractivity contribution is 0.125. The zero-order valence-electron chi connectivity index (χ0n) is 19.7. The number of aryl methyl sites for hydroxylation is 1. The standard InChI is InChI=1S/C23H33N9O/c1-4-5-6-16(2)19-25-21-18-20(26-22(24)32(21)27-19)31(23(33)28(18)3)14-13-29-9-11-30(12-10-29)15-17-7-8-17/h4-6,17H,7-15H2,1-3H3,(H2,24,26)/b5-4-,16-6+. The van der Waals surface area contributed by atoms with Gasteiger partial charge in [-0.25, -0.2) is 9.78 Å². The molecule has 0 bridgehead atoms. The molecule has 10 nitrogen and oxygen atoms in total. The number of nitrogen functional groups attached to an aromatic ring is 1. The van der Waals surface area contributed by atoms with Gasteiger partial charge in [0.1, 0.15) is 5.52 Å². The molecule has 0 atom stereocenters. The van der Waals surface area contributed by atoms with Crippen LogP contribution in [-0.4, -0.2) is 77.8 Å². The van der Waals surface area contributed by atoms with Gasteiger partial charge in [0.05, 0.1) is 0 Å². The fourth-order valence-electron chi connectivity index (χ4n) is 4.58. The Bertz CT molecular complexity index is 1280. The first-order valence-corrected chi connectivity index (χ1v) is 11.8. The van der Waals surface area contributed by atoms with Crippen molar-refractivity contribution in [3.63, 3.8) is 0 Å². The van der Waals surface area contributed by atoms with Gasteiger partial charge < -0.3 is 10.6 Å². The first-order valence-electron chi connectivity index (χ1n) is 11.8. The summed E-state index contributed by atoms with van der Waals surface area (Å²) < 4.78 is 4.85. The molecule has 0 amide bonds. The molecule has 33 heavy (non-hydrogen) atoms. The third kappa shape index (κ3) is 4.20. The van der Waals surface area contributed by atoms with Crippen molar-refractivity contribution in [3.05, 3.63) is 34.5 Å². The van der Waals surface area contributed by atoms with Crippen LogP contribution >= 0.6 is 0 Å². The smallest absolute Gasteiger partial charge is 0.330 e. The molecular formula is C23H33N9O. The van der Waals surface area contributed by atoms with Crippen molar-refractivity contribution >= 4 is 28.3 Å². The molecule has 0 aromatic carbocycles. The minimum absolute atomic E-state index is 0.108. The number of fused-ring (bicyclic) bond motifs is 3. The maximum Gasteiger partial charge on any atom is 0.330 e. The van der Waals surface area contributed by atoms with E-state index in [9.17, 15) is 4.79 Å². The van der Waals surface area contributed by atoms with E-state index in [-0.39, 0.29) is 11.6 Å². The van der Waals surface area contributed by atoms with Crippen LogP contribution < -0.4 is 11.4 Å². The topological polar surface area (TPSA) is 103 Å². The maximum atomic E-state index is 13.1. The Morgan fingerprint density at radius 1 is 1.09 bits per heavy atom. The molecule has 10 heteroatoms. The first-order chi connectivity index (χ1) is 16.0. The monoisotopic (exact) mass is 451 g/mol. The summed E-state index contributed by atoms with van der Waals surface area (Å²) in [4.78, 5) is 27.4. The Balaban J connectivity index is 1.41. The number of allylic oxidation sites excluding steroid dienone is 4. The number of anilines is 1. The highest BCUT2D eigenvalue weighted by Gasteiger charge is 2.27. The van der Waals surface area contributed by atoms with Gasteiger partial charge in [0.15, 0.2) is 17.1 Å². The fraction of sp³-hybridized carbons (Fsp3) is 0.565. The molecule has 1 aliphatic heterocycles. The van der Waals surface area contributed by atoms with Crippen LogP contribution in [0.5, 0.6) is 0 Å². The van der Waals surface area contributed by atoms with Crippen molar-refractivity contribution in [2.75, 3.05) is 45.0 Å². The maximum absolute atomic E-state index is 13.1. The zero-order chi connectivity index (χ0) is 23.1. The molecule has 0 radical (unpaired) electrons. The van der Waals surface area contributed by atoms with Crippen molar-refractivity contribution in [1.29, 1.82) is 0 Å². The summed E-state index contributed by atoms with van der Waals surface area (Å²) in [7, 11) is 1.76. The van der Waals surface area contributed by atoms with Crippen molar-refractivity contribution in [2.45, 2.75) is 33.2 Å². The van der Waals surface area contributed by atoms with Gasteiger partial charge in [-0.1, -0.05) is 18.2 Å². The number of hydrogen-bond donors (Lipinski definition) is 1. The molecular weight excluding hydrogens is 418 g/mol. The first kappa shape index (κ1) is 21.8. The highest BCUT2D eigenvalue weighted by atomic mass is 16.1. The normalized spacial score (nSPS) is 18.9. The van der Waals surface area contributed by atoms with E-state index in [1.807, 2.05) is 32.1 Å². The summed E-state index contributed by atoms with van der Waals surface area (Å²) in [5.74, 6) is 1.72. The van der Waals surface area contributed by atoms with Crippen molar-refractivity contribution in [3.8, 4) is 0 Å². The number of piperazine rings is 1. The molecule has 3 aromatic heterocycles. The number of aromatic nitrogens is 6. The number of hydrogen-bond acceptors (Lipinski definition) is 7. The fourth-order valence-corrected chi connectivity index (χ4v) is 4.58. The summed E-state index contributed by atoms with van der Waals surface area (Å²) in [6.45, 7) is 10.8. The van der Waals surface area contributed by atoms with Crippen LogP contribution in [0.2, 0.25) is 0 Å². The van der Waals surface area contributed by atoms with E-state index >= 15 is 0 Å². The molecule has 176 valence electrons. The summed E-state index contributed by atoms with van der Waals surface area (Å²) in [6, 6.07) is 0. The van der Waals surface area contributed by atoms with Gasteiger partial charge in [-0.15, -0.1) is 5.10 Å².